The molecule has 0 saturated heterocycles. The molecule has 0 amide bonds. The van der Waals surface area contributed by atoms with Crippen molar-refractivity contribution in [1.29, 1.82) is 5.26 Å². The van der Waals surface area contributed by atoms with Crippen LogP contribution in [0.5, 0.6) is 0 Å². The van der Waals surface area contributed by atoms with Gasteiger partial charge < -0.3 is 0 Å². The summed E-state index contributed by atoms with van der Waals surface area (Å²) in [5, 5.41) is 14.3. The molecule has 1 aromatic heterocycles. The van der Waals surface area contributed by atoms with E-state index in [1.165, 1.54) is 32.1 Å². The molecule has 0 aliphatic heterocycles. The van der Waals surface area contributed by atoms with E-state index in [-0.39, 0.29) is 5.41 Å². The Morgan fingerprint density at radius 1 is 1.42 bits per heavy atom. The van der Waals surface area contributed by atoms with Crippen molar-refractivity contribution in [2.24, 2.45) is 11.3 Å². The smallest absolute Gasteiger partial charge is 0.0693 e. The zero-order valence-corrected chi connectivity index (χ0v) is 11.8. The van der Waals surface area contributed by atoms with Crippen LogP contribution in [0.2, 0.25) is 0 Å². The number of rotatable bonds is 3. The van der Waals surface area contributed by atoms with Gasteiger partial charge >= 0.3 is 0 Å². The van der Waals surface area contributed by atoms with Gasteiger partial charge in [0.15, 0.2) is 0 Å². The maximum atomic E-state index is 9.53. The SMILES string of the molecule is CC1CCC(C#N)(Cc2ccn(C3CCCC3)n2)C1. The zero-order chi connectivity index (χ0) is 13.3. The second-order valence-corrected chi connectivity index (χ2v) is 6.64. The molecule has 3 rings (SSSR count). The lowest BCUT2D eigenvalue weighted by molar-refractivity contribution is 0.381. The van der Waals surface area contributed by atoms with Crippen LogP contribution in [0.15, 0.2) is 12.3 Å². The van der Waals surface area contributed by atoms with Crippen LogP contribution in [0.25, 0.3) is 0 Å². The summed E-state index contributed by atoms with van der Waals surface area (Å²) in [5.41, 5.74) is 0.969. The molecule has 2 aliphatic carbocycles. The molecule has 3 nitrogen and oxygen atoms in total. The molecule has 0 aromatic carbocycles. The second kappa shape index (κ2) is 5.00. The van der Waals surface area contributed by atoms with E-state index in [4.69, 9.17) is 5.10 Å². The second-order valence-electron chi connectivity index (χ2n) is 6.64. The maximum Gasteiger partial charge on any atom is 0.0693 e. The summed E-state index contributed by atoms with van der Waals surface area (Å²) in [6.45, 7) is 2.26. The van der Waals surface area contributed by atoms with Gasteiger partial charge in [0, 0.05) is 12.6 Å². The Balaban J connectivity index is 1.71. The van der Waals surface area contributed by atoms with Crippen molar-refractivity contribution < 1.29 is 0 Å². The van der Waals surface area contributed by atoms with Crippen LogP contribution in [-0.4, -0.2) is 9.78 Å². The van der Waals surface area contributed by atoms with E-state index in [2.05, 4.69) is 29.9 Å². The predicted octanol–water partition coefficient (Wildman–Crippen LogP) is 3.87. The molecular weight excluding hydrogens is 234 g/mol. The van der Waals surface area contributed by atoms with Gasteiger partial charge in [-0.05, 0) is 44.1 Å². The third-order valence-electron chi connectivity index (χ3n) is 4.97. The number of nitriles is 1. The van der Waals surface area contributed by atoms with Crippen molar-refractivity contribution in [3.63, 3.8) is 0 Å². The Hall–Kier alpha value is -1.30. The van der Waals surface area contributed by atoms with Gasteiger partial charge in [0.1, 0.15) is 0 Å². The minimum Gasteiger partial charge on any atom is -0.269 e. The molecule has 1 heterocycles. The lowest BCUT2D eigenvalue weighted by Gasteiger charge is -2.19. The Morgan fingerprint density at radius 3 is 2.84 bits per heavy atom. The topological polar surface area (TPSA) is 41.6 Å². The number of hydrogen-bond donors (Lipinski definition) is 0. The summed E-state index contributed by atoms with van der Waals surface area (Å²) in [6, 6.07) is 5.32. The highest BCUT2D eigenvalue weighted by atomic mass is 15.3. The fraction of sp³-hybridized carbons (Fsp3) is 0.750. The van der Waals surface area contributed by atoms with E-state index in [0.717, 1.165) is 25.0 Å². The van der Waals surface area contributed by atoms with E-state index in [1.54, 1.807) is 0 Å². The van der Waals surface area contributed by atoms with Crippen molar-refractivity contribution in [2.75, 3.05) is 0 Å². The van der Waals surface area contributed by atoms with E-state index >= 15 is 0 Å². The lowest BCUT2D eigenvalue weighted by Crippen LogP contribution is -2.18. The Labute approximate surface area is 115 Å². The lowest BCUT2D eigenvalue weighted by atomic mass is 9.82. The molecule has 2 saturated carbocycles. The summed E-state index contributed by atoms with van der Waals surface area (Å²) in [7, 11) is 0. The quantitative estimate of drug-likeness (QED) is 0.824. The van der Waals surface area contributed by atoms with E-state index in [9.17, 15) is 5.26 Å². The van der Waals surface area contributed by atoms with Crippen molar-refractivity contribution in [3.05, 3.63) is 18.0 Å². The van der Waals surface area contributed by atoms with E-state index in [1.807, 2.05) is 0 Å². The van der Waals surface area contributed by atoms with Crippen molar-refractivity contribution >= 4 is 0 Å². The first kappa shape index (κ1) is 12.7. The number of hydrogen-bond acceptors (Lipinski definition) is 2. The van der Waals surface area contributed by atoms with E-state index in [0.29, 0.717) is 12.0 Å². The van der Waals surface area contributed by atoms with E-state index < -0.39 is 0 Å². The fourth-order valence-electron chi connectivity index (χ4n) is 3.89. The molecule has 2 fully saturated rings. The summed E-state index contributed by atoms with van der Waals surface area (Å²) >= 11 is 0. The minimum absolute atomic E-state index is 0.145. The maximum absolute atomic E-state index is 9.53. The van der Waals surface area contributed by atoms with Crippen LogP contribution in [0.1, 0.15) is 63.6 Å². The molecule has 1 aromatic rings. The van der Waals surface area contributed by atoms with Gasteiger partial charge in [0.05, 0.1) is 23.2 Å². The van der Waals surface area contributed by atoms with Crippen LogP contribution in [0, 0.1) is 22.7 Å². The molecule has 0 N–H and O–H groups in total. The van der Waals surface area contributed by atoms with Gasteiger partial charge in [0.2, 0.25) is 0 Å². The predicted molar refractivity (Wildman–Crippen MR) is 74.5 cm³/mol. The molecule has 0 bridgehead atoms. The van der Waals surface area contributed by atoms with Gasteiger partial charge in [-0.2, -0.15) is 10.4 Å². The van der Waals surface area contributed by atoms with Crippen molar-refractivity contribution in [2.45, 2.75) is 64.3 Å². The first-order chi connectivity index (χ1) is 9.21. The van der Waals surface area contributed by atoms with Crippen LogP contribution in [-0.2, 0) is 6.42 Å². The molecule has 2 unspecified atom stereocenters. The van der Waals surface area contributed by atoms with Gasteiger partial charge in [-0.1, -0.05) is 19.8 Å². The van der Waals surface area contributed by atoms with Gasteiger partial charge in [-0.25, -0.2) is 0 Å². The Bertz CT molecular complexity index is 478. The summed E-state index contributed by atoms with van der Waals surface area (Å²) in [6.07, 6.45) is 11.4. The monoisotopic (exact) mass is 257 g/mol. The zero-order valence-electron chi connectivity index (χ0n) is 11.8. The largest absolute Gasteiger partial charge is 0.269 e. The average molecular weight is 257 g/mol. The minimum atomic E-state index is -0.145. The standard InChI is InChI=1S/C16H23N3/c1-13-6-8-16(10-13,12-17)11-14-7-9-19(18-14)15-4-2-3-5-15/h7,9,13,15H,2-6,8,10-11H2,1H3. The molecule has 3 heteroatoms. The molecule has 19 heavy (non-hydrogen) atoms. The summed E-state index contributed by atoms with van der Waals surface area (Å²) in [5.74, 6) is 0.691. The van der Waals surface area contributed by atoms with Gasteiger partial charge in [-0.15, -0.1) is 0 Å². The molecule has 0 radical (unpaired) electrons. The molecule has 0 spiro atoms. The Morgan fingerprint density at radius 2 is 2.21 bits per heavy atom. The normalized spacial score (nSPS) is 31.7. The van der Waals surface area contributed by atoms with Gasteiger partial charge in [-0.3, -0.25) is 4.68 Å². The third-order valence-corrected chi connectivity index (χ3v) is 4.97. The third kappa shape index (κ3) is 2.54. The van der Waals surface area contributed by atoms with Crippen LogP contribution in [0.3, 0.4) is 0 Å². The van der Waals surface area contributed by atoms with Gasteiger partial charge in [0.25, 0.3) is 0 Å². The highest BCUT2D eigenvalue weighted by Crippen LogP contribution is 2.43. The summed E-state index contributed by atoms with van der Waals surface area (Å²) in [4.78, 5) is 0. The number of nitrogens with zero attached hydrogens (tertiary/aromatic N) is 3. The molecular formula is C16H23N3. The van der Waals surface area contributed by atoms with Crippen LogP contribution >= 0.6 is 0 Å². The summed E-state index contributed by atoms with van der Waals surface area (Å²) < 4.78 is 2.14. The fourth-order valence-corrected chi connectivity index (χ4v) is 3.89. The first-order valence-electron chi connectivity index (χ1n) is 7.66. The van der Waals surface area contributed by atoms with Crippen LogP contribution < -0.4 is 0 Å². The highest BCUT2D eigenvalue weighted by molar-refractivity contribution is 5.12. The van der Waals surface area contributed by atoms with Crippen molar-refractivity contribution in [3.8, 4) is 6.07 Å². The molecule has 102 valence electrons. The first-order valence-corrected chi connectivity index (χ1v) is 7.66. The molecule has 2 aliphatic rings. The Kier molecular flexibility index (Phi) is 3.35. The van der Waals surface area contributed by atoms with Crippen LogP contribution in [0.4, 0.5) is 0 Å². The molecule has 2 atom stereocenters. The number of aromatic nitrogens is 2. The van der Waals surface area contributed by atoms with Crippen molar-refractivity contribution in [1.82, 2.24) is 9.78 Å². The highest BCUT2D eigenvalue weighted by Gasteiger charge is 2.38. The average Bonchev–Trinajstić information content (AvgIpc) is 3.11.